The van der Waals surface area contributed by atoms with E-state index in [4.69, 9.17) is 14.8 Å². The Bertz CT molecular complexity index is 921. The van der Waals surface area contributed by atoms with Crippen molar-refractivity contribution in [1.29, 1.82) is 0 Å². The summed E-state index contributed by atoms with van der Waals surface area (Å²) in [5, 5.41) is 4.84. The third kappa shape index (κ3) is 3.72. The Hall–Kier alpha value is -2.51. The molecule has 2 aliphatic rings. The highest BCUT2D eigenvalue weighted by Crippen LogP contribution is 2.26. The van der Waals surface area contributed by atoms with Crippen LogP contribution in [-0.2, 0) is 11.3 Å². The maximum Gasteiger partial charge on any atom is 0.156 e. The molecular weight excluding hydrogens is 352 g/mol. The second-order valence-corrected chi connectivity index (χ2v) is 7.70. The van der Waals surface area contributed by atoms with Gasteiger partial charge in [-0.15, -0.1) is 0 Å². The summed E-state index contributed by atoms with van der Waals surface area (Å²) in [7, 11) is 0. The molecule has 0 amide bonds. The third-order valence-corrected chi connectivity index (χ3v) is 5.71. The van der Waals surface area contributed by atoms with Crippen molar-refractivity contribution < 1.29 is 4.74 Å². The van der Waals surface area contributed by atoms with Gasteiger partial charge in [-0.2, -0.15) is 5.10 Å². The molecule has 5 heterocycles. The van der Waals surface area contributed by atoms with Crippen molar-refractivity contribution >= 4 is 11.3 Å². The summed E-state index contributed by atoms with van der Waals surface area (Å²) in [6.45, 7) is 6.50. The van der Waals surface area contributed by atoms with Gasteiger partial charge in [-0.1, -0.05) is 6.07 Å². The minimum atomic E-state index is 0.386. The minimum Gasteiger partial charge on any atom is -0.378 e. The summed E-state index contributed by atoms with van der Waals surface area (Å²) in [4.78, 5) is 13.9. The largest absolute Gasteiger partial charge is 0.378 e. The average molecular weight is 378 g/mol. The zero-order chi connectivity index (χ0) is 18.8. The van der Waals surface area contributed by atoms with E-state index < -0.39 is 0 Å². The number of ether oxygens (including phenoxy) is 1. The first kappa shape index (κ1) is 17.6. The predicted octanol–water partition coefficient (Wildman–Crippen LogP) is 2.34. The number of hydrogen-bond acceptors (Lipinski definition) is 6. The Morgan fingerprint density at radius 3 is 2.89 bits per heavy atom. The van der Waals surface area contributed by atoms with Crippen LogP contribution in [0.3, 0.4) is 0 Å². The van der Waals surface area contributed by atoms with Crippen molar-refractivity contribution in [3.63, 3.8) is 0 Å². The smallest absolute Gasteiger partial charge is 0.156 e. The zero-order valence-corrected chi connectivity index (χ0v) is 16.1. The summed E-state index contributed by atoms with van der Waals surface area (Å²) in [5.41, 5.74) is 3.38. The quantitative estimate of drug-likeness (QED) is 0.695. The van der Waals surface area contributed by atoms with Gasteiger partial charge in [0.25, 0.3) is 0 Å². The predicted molar refractivity (Wildman–Crippen MR) is 108 cm³/mol. The van der Waals surface area contributed by atoms with E-state index in [1.165, 1.54) is 17.7 Å². The lowest BCUT2D eigenvalue weighted by Crippen LogP contribution is -2.36. The van der Waals surface area contributed by atoms with Crippen LogP contribution in [0.25, 0.3) is 5.65 Å². The molecule has 3 aromatic heterocycles. The number of morpholine rings is 1. The molecule has 2 aliphatic heterocycles. The monoisotopic (exact) mass is 378 g/mol. The molecule has 0 aromatic carbocycles. The molecule has 3 aromatic rings. The maximum atomic E-state index is 5.46. The molecule has 0 N–H and O–H groups in total. The van der Waals surface area contributed by atoms with E-state index in [0.29, 0.717) is 5.92 Å². The van der Waals surface area contributed by atoms with Crippen molar-refractivity contribution in [1.82, 2.24) is 24.5 Å². The summed E-state index contributed by atoms with van der Waals surface area (Å²) in [5.74, 6) is 1.35. The lowest BCUT2D eigenvalue weighted by molar-refractivity contribution is 0.122. The van der Waals surface area contributed by atoms with Crippen LogP contribution in [0, 0.1) is 0 Å². The number of hydrogen-bond donors (Lipinski definition) is 0. The molecule has 5 rings (SSSR count). The molecule has 7 heteroatoms. The maximum absolute atomic E-state index is 5.46. The molecule has 0 spiro atoms. The number of rotatable bonds is 4. The van der Waals surface area contributed by atoms with Crippen molar-refractivity contribution in [2.45, 2.75) is 25.3 Å². The number of nitrogens with zero attached hydrogens (tertiary/aromatic N) is 6. The third-order valence-electron chi connectivity index (χ3n) is 5.71. The second kappa shape index (κ2) is 7.85. The topological polar surface area (TPSA) is 58.8 Å². The molecule has 7 nitrogen and oxygen atoms in total. The number of aromatic nitrogens is 4. The lowest BCUT2D eigenvalue weighted by atomic mass is 9.97. The Labute approximate surface area is 165 Å². The standard InChI is InChI=1S/C21H26N6O/c1-3-17(13-22-7-1)14-25-8-2-4-18(15-25)21-23-20-6-5-19(16-27(20)24-21)26-9-11-28-12-10-26/h1,3,5-7,13,16,18H,2,4,8-12,14-15H2/t18-/m1/s1. The summed E-state index contributed by atoms with van der Waals surface area (Å²) >= 11 is 0. The molecule has 1 atom stereocenters. The molecule has 0 unspecified atom stereocenters. The van der Waals surface area contributed by atoms with Crippen LogP contribution in [0.1, 0.15) is 30.1 Å². The van der Waals surface area contributed by atoms with Gasteiger partial charge in [0.2, 0.25) is 0 Å². The van der Waals surface area contributed by atoms with Crippen LogP contribution in [-0.4, -0.2) is 63.9 Å². The first-order valence-electron chi connectivity index (χ1n) is 10.2. The fourth-order valence-electron chi connectivity index (χ4n) is 4.23. The summed E-state index contributed by atoms with van der Waals surface area (Å²) in [6, 6.07) is 8.38. The highest BCUT2D eigenvalue weighted by Gasteiger charge is 2.25. The number of fused-ring (bicyclic) bond motifs is 1. The zero-order valence-electron chi connectivity index (χ0n) is 16.1. The molecule has 28 heavy (non-hydrogen) atoms. The normalized spacial score (nSPS) is 21.3. The van der Waals surface area contributed by atoms with E-state index >= 15 is 0 Å². The summed E-state index contributed by atoms with van der Waals surface area (Å²) in [6.07, 6.45) is 8.22. The summed E-state index contributed by atoms with van der Waals surface area (Å²) < 4.78 is 7.40. The van der Waals surface area contributed by atoms with Gasteiger partial charge in [-0.25, -0.2) is 9.50 Å². The Kier molecular flexibility index (Phi) is 4.93. The Balaban J connectivity index is 1.32. The highest BCUT2D eigenvalue weighted by atomic mass is 16.5. The highest BCUT2D eigenvalue weighted by molar-refractivity contribution is 5.51. The number of pyridine rings is 2. The molecule has 0 saturated carbocycles. The number of anilines is 1. The van der Waals surface area contributed by atoms with Crippen LogP contribution in [0.15, 0.2) is 42.9 Å². The Morgan fingerprint density at radius 2 is 2.04 bits per heavy atom. The molecule has 0 bridgehead atoms. The molecular formula is C21H26N6O. The van der Waals surface area contributed by atoms with Gasteiger partial charge in [0.05, 0.1) is 25.1 Å². The molecule has 0 aliphatic carbocycles. The van der Waals surface area contributed by atoms with Crippen molar-refractivity contribution in [2.75, 3.05) is 44.3 Å². The fraction of sp³-hybridized carbons (Fsp3) is 0.476. The van der Waals surface area contributed by atoms with Crippen molar-refractivity contribution in [2.24, 2.45) is 0 Å². The van der Waals surface area contributed by atoms with Crippen LogP contribution in [0.4, 0.5) is 5.69 Å². The average Bonchev–Trinajstić information content (AvgIpc) is 3.19. The number of piperidine rings is 1. The van der Waals surface area contributed by atoms with Crippen molar-refractivity contribution in [3.05, 3.63) is 54.2 Å². The van der Waals surface area contributed by atoms with Gasteiger partial charge in [0.15, 0.2) is 11.5 Å². The first-order chi connectivity index (χ1) is 13.8. The first-order valence-corrected chi connectivity index (χ1v) is 10.2. The van der Waals surface area contributed by atoms with Gasteiger partial charge in [0, 0.05) is 44.5 Å². The van der Waals surface area contributed by atoms with Gasteiger partial charge in [-0.3, -0.25) is 9.88 Å². The molecule has 0 radical (unpaired) electrons. The second-order valence-electron chi connectivity index (χ2n) is 7.70. The number of likely N-dealkylation sites (tertiary alicyclic amines) is 1. The SMILES string of the molecule is c1cncc(CN2CCC[C@@H](c3nc4ccc(N5CCOCC5)cn4n3)C2)c1. The minimum absolute atomic E-state index is 0.386. The van der Waals surface area contributed by atoms with Gasteiger partial charge in [-0.05, 0) is 43.1 Å². The molecule has 146 valence electrons. The van der Waals surface area contributed by atoms with E-state index in [1.807, 2.05) is 23.0 Å². The van der Waals surface area contributed by atoms with E-state index in [2.05, 4.69) is 39.2 Å². The van der Waals surface area contributed by atoms with Crippen LogP contribution in [0.5, 0.6) is 0 Å². The van der Waals surface area contributed by atoms with Gasteiger partial charge >= 0.3 is 0 Å². The lowest BCUT2D eigenvalue weighted by Gasteiger charge is -2.31. The van der Waals surface area contributed by atoms with Crippen molar-refractivity contribution in [3.8, 4) is 0 Å². The molecule has 2 fully saturated rings. The Morgan fingerprint density at radius 1 is 1.11 bits per heavy atom. The van der Waals surface area contributed by atoms with Crippen LogP contribution >= 0.6 is 0 Å². The van der Waals surface area contributed by atoms with E-state index in [-0.39, 0.29) is 0 Å². The van der Waals surface area contributed by atoms with Gasteiger partial charge < -0.3 is 9.64 Å². The van der Waals surface area contributed by atoms with E-state index in [0.717, 1.165) is 63.8 Å². The van der Waals surface area contributed by atoms with Gasteiger partial charge in [0.1, 0.15) is 0 Å². The van der Waals surface area contributed by atoms with E-state index in [9.17, 15) is 0 Å². The van der Waals surface area contributed by atoms with Crippen LogP contribution < -0.4 is 4.90 Å². The van der Waals surface area contributed by atoms with E-state index in [1.54, 1.807) is 0 Å². The fourth-order valence-corrected chi connectivity index (χ4v) is 4.23. The van der Waals surface area contributed by atoms with Crippen LogP contribution in [0.2, 0.25) is 0 Å². The molecule has 2 saturated heterocycles.